The zero-order valence-electron chi connectivity index (χ0n) is 21.1. The van der Waals surface area contributed by atoms with Crippen LogP contribution in [0.15, 0.2) is 23.8 Å². The van der Waals surface area contributed by atoms with Crippen molar-refractivity contribution in [1.82, 2.24) is 0 Å². The molecule has 34 heavy (non-hydrogen) atoms. The summed E-state index contributed by atoms with van der Waals surface area (Å²) in [5.41, 5.74) is 0.749. The van der Waals surface area contributed by atoms with Gasteiger partial charge in [-0.3, -0.25) is 14.4 Å². The van der Waals surface area contributed by atoms with Crippen molar-refractivity contribution in [2.75, 3.05) is 5.75 Å². The lowest BCUT2D eigenvalue weighted by atomic mass is 9.65. The van der Waals surface area contributed by atoms with E-state index in [0.717, 1.165) is 25.7 Å². The van der Waals surface area contributed by atoms with Crippen LogP contribution in [0.3, 0.4) is 0 Å². The molecule has 1 fully saturated rings. The van der Waals surface area contributed by atoms with E-state index in [9.17, 15) is 14.4 Å². The molecule has 6 nitrogen and oxygen atoms in total. The van der Waals surface area contributed by atoms with E-state index in [-0.39, 0.29) is 53.4 Å². The quantitative estimate of drug-likeness (QED) is 0.430. The van der Waals surface area contributed by atoms with E-state index in [2.05, 4.69) is 32.1 Å². The standard InChI is InChI=1S/C27H40O6S/c1-6-27(4,5)26(31)33-22-12-16(2)11-18-8-7-17(3)21(25(18)22)10-9-19-13-20(14-24(30)32-19)34-15-23(28)29/h7-8,11,16-17,19-22,25H,6,9-10,12-15H2,1-5H3,(H,28,29)/t16-,17-,19+,20?,21-,22-,25-/m0/s1. The minimum atomic E-state index is -0.860. The molecule has 0 radical (unpaired) electrons. The molecule has 1 heterocycles. The third-order valence-electron chi connectivity index (χ3n) is 7.77. The number of thioether (sulfide) groups is 1. The first-order chi connectivity index (χ1) is 16.0. The molecule has 1 saturated heterocycles. The highest BCUT2D eigenvalue weighted by Crippen LogP contribution is 2.46. The number of hydrogen-bond acceptors (Lipinski definition) is 6. The van der Waals surface area contributed by atoms with Crippen LogP contribution in [-0.4, -0.2) is 46.2 Å². The van der Waals surface area contributed by atoms with Gasteiger partial charge >= 0.3 is 17.9 Å². The third-order valence-corrected chi connectivity index (χ3v) is 9.02. The van der Waals surface area contributed by atoms with Gasteiger partial charge < -0.3 is 14.6 Å². The SMILES string of the molecule is CCC(C)(C)C(=O)O[C@H]1C[C@@H](C)C=C2C=C[C@H](C)[C@H](CC[C@@H]3CC(SCC(=O)O)CC(=O)O3)[C@H]21. The fraction of sp³-hybridized carbons (Fsp3) is 0.741. The molecule has 0 aromatic carbocycles. The lowest BCUT2D eigenvalue weighted by Gasteiger charge is -2.44. The van der Waals surface area contributed by atoms with E-state index in [1.807, 2.05) is 20.8 Å². The molecule has 0 aromatic rings. The van der Waals surface area contributed by atoms with Gasteiger partial charge in [-0.2, -0.15) is 0 Å². The highest BCUT2D eigenvalue weighted by Gasteiger charge is 2.43. The Morgan fingerprint density at radius 2 is 1.97 bits per heavy atom. The Bertz CT molecular complexity index is 831. The first-order valence-electron chi connectivity index (χ1n) is 12.6. The number of carbonyl (C=O) groups excluding carboxylic acids is 2. The second-order valence-corrected chi connectivity index (χ2v) is 12.2. The molecule has 0 spiro atoms. The predicted molar refractivity (Wildman–Crippen MR) is 133 cm³/mol. The van der Waals surface area contributed by atoms with Crippen LogP contribution in [-0.2, 0) is 23.9 Å². The predicted octanol–water partition coefficient (Wildman–Crippen LogP) is 5.41. The second-order valence-electron chi connectivity index (χ2n) is 10.9. The number of carboxylic acids is 1. The molecule has 3 aliphatic rings. The molecular weight excluding hydrogens is 452 g/mol. The van der Waals surface area contributed by atoms with Crippen LogP contribution in [0.4, 0.5) is 0 Å². The fourth-order valence-corrected chi connectivity index (χ4v) is 6.36. The Morgan fingerprint density at radius 3 is 2.65 bits per heavy atom. The van der Waals surface area contributed by atoms with E-state index in [1.54, 1.807) is 0 Å². The van der Waals surface area contributed by atoms with Gasteiger partial charge in [0.25, 0.3) is 0 Å². The minimum Gasteiger partial charge on any atom is -0.481 e. The summed E-state index contributed by atoms with van der Waals surface area (Å²) in [6.07, 6.45) is 10.5. The molecule has 3 rings (SSSR count). The number of allylic oxidation sites excluding steroid dienone is 3. The summed E-state index contributed by atoms with van der Waals surface area (Å²) >= 11 is 1.33. The van der Waals surface area contributed by atoms with E-state index in [4.69, 9.17) is 14.6 Å². The topological polar surface area (TPSA) is 89.9 Å². The number of esters is 2. The van der Waals surface area contributed by atoms with Gasteiger partial charge in [0.1, 0.15) is 12.2 Å². The molecule has 7 heteroatoms. The van der Waals surface area contributed by atoms with Crippen LogP contribution in [0.2, 0.25) is 0 Å². The van der Waals surface area contributed by atoms with Crippen molar-refractivity contribution in [2.45, 2.75) is 90.6 Å². The maximum absolute atomic E-state index is 13.0. The molecule has 1 aliphatic heterocycles. The zero-order valence-corrected chi connectivity index (χ0v) is 21.9. The zero-order chi connectivity index (χ0) is 25.0. The molecule has 0 bridgehead atoms. The van der Waals surface area contributed by atoms with Crippen molar-refractivity contribution in [3.8, 4) is 0 Å². The number of fused-ring (bicyclic) bond motifs is 1. The largest absolute Gasteiger partial charge is 0.481 e. The number of cyclic esters (lactones) is 1. The maximum atomic E-state index is 13.0. The smallest absolute Gasteiger partial charge is 0.313 e. The van der Waals surface area contributed by atoms with Crippen LogP contribution in [0, 0.1) is 29.1 Å². The van der Waals surface area contributed by atoms with Gasteiger partial charge in [0.05, 0.1) is 17.6 Å². The monoisotopic (exact) mass is 492 g/mol. The van der Waals surface area contributed by atoms with E-state index in [1.165, 1.54) is 17.3 Å². The lowest BCUT2D eigenvalue weighted by molar-refractivity contribution is -0.165. The van der Waals surface area contributed by atoms with E-state index in [0.29, 0.717) is 18.3 Å². The number of hydrogen-bond donors (Lipinski definition) is 1. The first-order valence-corrected chi connectivity index (χ1v) is 13.7. The molecule has 1 N–H and O–H groups in total. The number of rotatable bonds is 9. The highest BCUT2D eigenvalue weighted by atomic mass is 32.2. The van der Waals surface area contributed by atoms with Crippen molar-refractivity contribution in [3.05, 3.63) is 23.8 Å². The Kier molecular flexibility index (Phi) is 8.93. The summed E-state index contributed by atoms with van der Waals surface area (Å²) in [5, 5.41) is 8.96. The maximum Gasteiger partial charge on any atom is 0.313 e. The number of carbonyl (C=O) groups is 3. The van der Waals surface area contributed by atoms with E-state index < -0.39 is 11.4 Å². The average Bonchev–Trinajstić information content (AvgIpc) is 2.76. The van der Waals surface area contributed by atoms with Crippen LogP contribution < -0.4 is 0 Å². The normalized spacial score (nSPS) is 33.5. The number of ether oxygens (including phenoxy) is 2. The highest BCUT2D eigenvalue weighted by molar-refractivity contribution is 8.00. The number of carboxylic acid groups (broad SMARTS) is 1. The van der Waals surface area contributed by atoms with Gasteiger partial charge in [0.2, 0.25) is 0 Å². The van der Waals surface area contributed by atoms with Gasteiger partial charge in [-0.1, -0.05) is 39.0 Å². The average molecular weight is 493 g/mol. The van der Waals surface area contributed by atoms with Gasteiger partial charge in [0, 0.05) is 11.2 Å². The fourth-order valence-electron chi connectivity index (χ4n) is 5.38. The van der Waals surface area contributed by atoms with Crippen LogP contribution >= 0.6 is 11.8 Å². The minimum absolute atomic E-state index is 0.00465. The first kappa shape index (κ1) is 26.8. The molecule has 0 amide bonds. The van der Waals surface area contributed by atoms with Gasteiger partial charge in [0.15, 0.2) is 0 Å². The van der Waals surface area contributed by atoms with Gasteiger partial charge in [-0.25, -0.2) is 0 Å². The van der Waals surface area contributed by atoms with E-state index >= 15 is 0 Å². The Morgan fingerprint density at radius 1 is 1.24 bits per heavy atom. The van der Waals surface area contributed by atoms with Crippen LogP contribution in [0.25, 0.3) is 0 Å². The van der Waals surface area contributed by atoms with Crippen molar-refractivity contribution in [3.63, 3.8) is 0 Å². The van der Waals surface area contributed by atoms with Crippen molar-refractivity contribution < 1.29 is 29.0 Å². The second kappa shape index (κ2) is 11.3. The van der Waals surface area contributed by atoms with Gasteiger partial charge in [-0.15, -0.1) is 11.8 Å². The molecule has 0 saturated carbocycles. The summed E-state index contributed by atoms with van der Waals surface area (Å²) in [5.74, 6) is -0.121. The Hall–Kier alpha value is -1.76. The van der Waals surface area contributed by atoms with Crippen molar-refractivity contribution >= 4 is 29.7 Å². The third kappa shape index (κ3) is 6.67. The van der Waals surface area contributed by atoms with Crippen LogP contribution in [0.5, 0.6) is 0 Å². The molecular formula is C27H40O6S. The van der Waals surface area contributed by atoms with Gasteiger partial charge in [-0.05, 0) is 69.3 Å². The summed E-state index contributed by atoms with van der Waals surface area (Å²) in [4.78, 5) is 36.0. The summed E-state index contributed by atoms with van der Waals surface area (Å²) in [7, 11) is 0. The molecule has 190 valence electrons. The summed E-state index contributed by atoms with van der Waals surface area (Å²) in [6.45, 7) is 10.3. The van der Waals surface area contributed by atoms with Crippen molar-refractivity contribution in [2.24, 2.45) is 29.1 Å². The molecule has 2 aliphatic carbocycles. The molecule has 7 atom stereocenters. The molecule has 0 aromatic heterocycles. The lowest BCUT2D eigenvalue weighted by Crippen LogP contribution is -2.43. The summed E-state index contributed by atoms with van der Waals surface area (Å²) < 4.78 is 11.8. The number of aliphatic carboxylic acids is 1. The van der Waals surface area contributed by atoms with Crippen LogP contribution in [0.1, 0.15) is 73.1 Å². The van der Waals surface area contributed by atoms with Crippen molar-refractivity contribution in [1.29, 1.82) is 0 Å². The Balaban J connectivity index is 1.71. The summed E-state index contributed by atoms with van der Waals surface area (Å²) in [6, 6.07) is 0. The molecule has 1 unspecified atom stereocenters. The Labute approximate surface area is 207 Å².